The fourth-order valence-electron chi connectivity index (χ4n) is 4.31. The van der Waals surface area contributed by atoms with Crippen LogP contribution in [0.4, 0.5) is 0 Å². The van der Waals surface area contributed by atoms with E-state index >= 15 is 0 Å². The van der Waals surface area contributed by atoms with Gasteiger partial charge >= 0.3 is 0 Å². The lowest BCUT2D eigenvalue weighted by atomic mass is 9.63. The van der Waals surface area contributed by atoms with E-state index in [0.29, 0.717) is 11.8 Å². The summed E-state index contributed by atoms with van der Waals surface area (Å²) in [4.78, 5) is 0. The van der Waals surface area contributed by atoms with Gasteiger partial charge in [0.05, 0.1) is 0 Å². The van der Waals surface area contributed by atoms with E-state index in [1.54, 1.807) is 0 Å². The zero-order chi connectivity index (χ0) is 17.7. The number of piperidine rings is 1. The average molecular weight is 339 g/mol. The Kier molecular flexibility index (Phi) is 3.99. The Bertz CT molecular complexity index is 769. The molecular weight excluding hydrogens is 310 g/mol. The average Bonchev–Trinajstić information content (AvgIpc) is 3.10. The van der Waals surface area contributed by atoms with Crippen LogP contribution in [0, 0.1) is 0 Å². The van der Waals surface area contributed by atoms with Gasteiger partial charge in [-0.25, -0.2) is 0 Å². The van der Waals surface area contributed by atoms with Gasteiger partial charge < -0.3 is 9.73 Å². The molecule has 0 spiro atoms. The lowest BCUT2D eigenvalue weighted by Crippen LogP contribution is -2.33. The van der Waals surface area contributed by atoms with Crippen LogP contribution in [0.2, 0.25) is 0 Å². The summed E-state index contributed by atoms with van der Waals surface area (Å²) in [6.07, 6.45) is 4.59. The maximum atomic E-state index is 6.07. The van der Waals surface area contributed by atoms with E-state index < -0.39 is 0 Å². The van der Waals surface area contributed by atoms with Gasteiger partial charge in [0.2, 0.25) is 11.8 Å². The lowest BCUT2D eigenvalue weighted by molar-refractivity contribution is 0.332. The number of hydrogen-bond donors (Lipinski definition) is 1. The van der Waals surface area contributed by atoms with Crippen LogP contribution in [-0.2, 0) is 10.8 Å². The maximum Gasteiger partial charge on any atom is 0.247 e. The van der Waals surface area contributed by atoms with Gasteiger partial charge in [0.15, 0.2) is 0 Å². The number of nitrogens with zero attached hydrogens (tertiary/aromatic N) is 2. The van der Waals surface area contributed by atoms with Gasteiger partial charge in [0, 0.05) is 11.5 Å². The standard InChI is InChI=1S/C21H29N3O/c1-20(2)9-10-21(3,4)17-13-15(5-6-16(17)20)19-24-23-18(25-19)14-7-11-22-12-8-14/h5-6,13-14,22H,7-12H2,1-4H3. The Morgan fingerprint density at radius 2 is 1.64 bits per heavy atom. The summed E-state index contributed by atoms with van der Waals surface area (Å²) in [6.45, 7) is 11.5. The molecule has 1 aromatic carbocycles. The first-order valence-corrected chi connectivity index (χ1v) is 9.56. The van der Waals surface area contributed by atoms with Crippen LogP contribution in [0.1, 0.15) is 76.3 Å². The Balaban J connectivity index is 1.69. The van der Waals surface area contributed by atoms with Crippen molar-refractivity contribution in [1.29, 1.82) is 0 Å². The molecule has 1 N–H and O–H groups in total. The van der Waals surface area contributed by atoms with Crippen LogP contribution in [0.25, 0.3) is 11.5 Å². The maximum absolute atomic E-state index is 6.07. The van der Waals surface area contributed by atoms with Gasteiger partial charge in [-0.1, -0.05) is 33.8 Å². The normalized spacial score (nSPS) is 22.6. The highest BCUT2D eigenvalue weighted by atomic mass is 16.4. The monoisotopic (exact) mass is 339 g/mol. The molecule has 0 unspecified atom stereocenters. The molecule has 4 rings (SSSR count). The van der Waals surface area contributed by atoms with Crippen LogP contribution in [0.15, 0.2) is 22.6 Å². The van der Waals surface area contributed by atoms with E-state index in [4.69, 9.17) is 4.42 Å². The smallest absolute Gasteiger partial charge is 0.247 e. The van der Waals surface area contributed by atoms with E-state index in [-0.39, 0.29) is 10.8 Å². The van der Waals surface area contributed by atoms with Crippen molar-refractivity contribution in [3.8, 4) is 11.5 Å². The van der Waals surface area contributed by atoms with E-state index in [0.717, 1.165) is 37.4 Å². The first-order valence-electron chi connectivity index (χ1n) is 9.56. The van der Waals surface area contributed by atoms with Crippen molar-refractivity contribution in [2.75, 3.05) is 13.1 Å². The Morgan fingerprint density at radius 1 is 0.960 bits per heavy atom. The molecule has 2 heterocycles. The minimum absolute atomic E-state index is 0.193. The van der Waals surface area contributed by atoms with E-state index in [9.17, 15) is 0 Å². The summed E-state index contributed by atoms with van der Waals surface area (Å²) < 4.78 is 6.07. The molecule has 0 bridgehead atoms. The summed E-state index contributed by atoms with van der Waals surface area (Å²) in [5.74, 6) is 1.86. The molecule has 2 aromatic rings. The van der Waals surface area contributed by atoms with E-state index in [2.05, 4.69) is 61.4 Å². The summed E-state index contributed by atoms with van der Waals surface area (Å²) >= 11 is 0. The van der Waals surface area contributed by atoms with Gasteiger partial charge in [0.1, 0.15) is 0 Å². The van der Waals surface area contributed by atoms with Crippen molar-refractivity contribution in [3.63, 3.8) is 0 Å². The summed E-state index contributed by atoms with van der Waals surface area (Å²) in [5.41, 5.74) is 4.38. The Labute approximate surface area is 150 Å². The summed E-state index contributed by atoms with van der Waals surface area (Å²) in [7, 11) is 0. The molecule has 1 aliphatic carbocycles. The highest BCUT2D eigenvalue weighted by Crippen LogP contribution is 2.46. The highest BCUT2D eigenvalue weighted by molar-refractivity contribution is 5.58. The topological polar surface area (TPSA) is 51.0 Å². The van der Waals surface area contributed by atoms with Crippen LogP contribution in [0.3, 0.4) is 0 Å². The molecule has 1 saturated heterocycles. The third-order valence-corrected chi connectivity index (χ3v) is 6.23. The first kappa shape index (κ1) is 16.8. The number of rotatable bonds is 2. The second-order valence-corrected chi connectivity index (χ2v) is 9.00. The van der Waals surface area contributed by atoms with Gasteiger partial charge in [-0.2, -0.15) is 0 Å². The third kappa shape index (κ3) is 3.01. The predicted octanol–water partition coefficient (Wildman–Crippen LogP) is 4.55. The first-order chi connectivity index (χ1) is 11.9. The fraction of sp³-hybridized carbons (Fsp3) is 0.619. The molecule has 25 heavy (non-hydrogen) atoms. The number of hydrogen-bond acceptors (Lipinski definition) is 4. The van der Waals surface area contributed by atoms with Crippen LogP contribution < -0.4 is 5.32 Å². The third-order valence-electron chi connectivity index (χ3n) is 6.23. The predicted molar refractivity (Wildman–Crippen MR) is 99.9 cm³/mol. The van der Waals surface area contributed by atoms with Crippen molar-refractivity contribution in [2.24, 2.45) is 0 Å². The minimum Gasteiger partial charge on any atom is -0.420 e. The SMILES string of the molecule is CC1(C)CCC(C)(C)c2cc(-c3nnc(C4CCNCC4)o3)ccc21. The van der Waals surface area contributed by atoms with Crippen LogP contribution >= 0.6 is 0 Å². The molecule has 4 heteroatoms. The molecule has 0 saturated carbocycles. The molecule has 2 aliphatic rings. The van der Waals surface area contributed by atoms with Crippen molar-refractivity contribution in [1.82, 2.24) is 15.5 Å². The van der Waals surface area contributed by atoms with Gasteiger partial charge in [-0.15, -0.1) is 10.2 Å². The quantitative estimate of drug-likeness (QED) is 0.872. The van der Waals surface area contributed by atoms with Crippen molar-refractivity contribution < 1.29 is 4.42 Å². The van der Waals surface area contributed by atoms with Gasteiger partial charge in [-0.3, -0.25) is 0 Å². The number of fused-ring (bicyclic) bond motifs is 1. The number of aromatic nitrogens is 2. The number of nitrogens with one attached hydrogen (secondary N) is 1. The lowest BCUT2D eigenvalue weighted by Gasteiger charge is -2.41. The van der Waals surface area contributed by atoms with Gasteiger partial charge in [0.25, 0.3) is 0 Å². The summed E-state index contributed by atoms with van der Waals surface area (Å²) in [6, 6.07) is 6.72. The summed E-state index contributed by atoms with van der Waals surface area (Å²) in [5, 5.41) is 12.1. The van der Waals surface area contributed by atoms with E-state index in [1.807, 2.05) is 0 Å². The molecule has 1 aromatic heterocycles. The molecule has 0 amide bonds. The van der Waals surface area contributed by atoms with Crippen molar-refractivity contribution in [3.05, 3.63) is 35.2 Å². The van der Waals surface area contributed by atoms with E-state index in [1.165, 1.54) is 24.0 Å². The molecule has 1 aliphatic heterocycles. The zero-order valence-corrected chi connectivity index (χ0v) is 15.9. The van der Waals surface area contributed by atoms with Crippen molar-refractivity contribution >= 4 is 0 Å². The second kappa shape index (κ2) is 5.94. The zero-order valence-electron chi connectivity index (χ0n) is 15.9. The number of benzene rings is 1. The minimum atomic E-state index is 0.193. The van der Waals surface area contributed by atoms with Crippen LogP contribution in [-0.4, -0.2) is 23.3 Å². The van der Waals surface area contributed by atoms with Gasteiger partial charge in [-0.05, 0) is 72.9 Å². The molecule has 1 fully saturated rings. The largest absolute Gasteiger partial charge is 0.420 e. The second-order valence-electron chi connectivity index (χ2n) is 9.00. The van der Waals surface area contributed by atoms with Crippen molar-refractivity contribution in [2.45, 2.75) is 70.1 Å². The highest BCUT2D eigenvalue weighted by Gasteiger charge is 2.37. The Hall–Kier alpha value is -1.68. The van der Waals surface area contributed by atoms with Crippen LogP contribution in [0.5, 0.6) is 0 Å². The fourth-order valence-corrected chi connectivity index (χ4v) is 4.31. The Morgan fingerprint density at radius 3 is 2.36 bits per heavy atom. The molecular formula is C21H29N3O. The molecule has 4 nitrogen and oxygen atoms in total. The molecule has 0 radical (unpaired) electrons. The molecule has 134 valence electrons. The molecule has 0 atom stereocenters.